The average molecular weight is 706 g/mol. The number of rotatable bonds is 6. The van der Waals surface area contributed by atoms with Gasteiger partial charge < -0.3 is 0 Å². The Morgan fingerprint density at radius 2 is 0.529 bits per heavy atom. The van der Waals surface area contributed by atoms with E-state index in [0.29, 0.717) is 0 Å². The van der Waals surface area contributed by atoms with Gasteiger partial charge in [-0.2, -0.15) is 0 Å². The molecule has 0 aliphatic rings. The highest BCUT2D eigenvalue weighted by Crippen LogP contribution is 2.29. The first kappa shape index (κ1) is 46.1. The van der Waals surface area contributed by atoms with Gasteiger partial charge in [0.1, 0.15) is 17.5 Å². The molecule has 0 bridgehead atoms. The van der Waals surface area contributed by atoms with Crippen LogP contribution in [0.3, 0.4) is 0 Å². The van der Waals surface area contributed by atoms with E-state index in [1.807, 2.05) is 0 Å². The second-order valence-corrected chi connectivity index (χ2v) is 18.1. The van der Waals surface area contributed by atoms with Crippen molar-refractivity contribution in [2.75, 3.05) is 42.3 Å². The topological polar surface area (TPSA) is 87.1 Å². The fraction of sp³-hybridized carbons (Fsp3) is 0.714. The van der Waals surface area contributed by atoms with Gasteiger partial charge in [0.2, 0.25) is 0 Å². The van der Waals surface area contributed by atoms with E-state index in [2.05, 4.69) is 197 Å². The van der Waals surface area contributed by atoms with E-state index in [9.17, 15) is 0 Å². The van der Waals surface area contributed by atoms with E-state index in [4.69, 9.17) is 15.0 Å². The highest BCUT2D eigenvalue weighted by Gasteiger charge is 2.25. The zero-order valence-electron chi connectivity index (χ0n) is 37.3. The third-order valence-electron chi connectivity index (χ3n) is 9.80. The van der Waals surface area contributed by atoms with E-state index in [0.717, 1.165) is 51.6 Å². The van der Waals surface area contributed by atoms with Gasteiger partial charge in [0.15, 0.2) is 0 Å². The lowest BCUT2D eigenvalue weighted by Crippen LogP contribution is -2.24. The van der Waals surface area contributed by atoms with Crippen LogP contribution in [-0.2, 0) is 16.2 Å². The summed E-state index contributed by atoms with van der Waals surface area (Å²) in [5, 5.41) is 0. The maximum absolute atomic E-state index is 4.77. The summed E-state index contributed by atoms with van der Waals surface area (Å²) in [4.78, 5) is 34.6. The van der Waals surface area contributed by atoms with Crippen molar-refractivity contribution in [1.29, 1.82) is 0 Å². The van der Waals surface area contributed by atoms with Crippen molar-refractivity contribution in [3.05, 3.63) is 68.3 Å². The van der Waals surface area contributed by atoms with Crippen molar-refractivity contribution in [2.45, 2.75) is 159 Å². The minimum Gasteiger partial charge on any atom is -0.300 e. The first-order chi connectivity index (χ1) is 22.9. The zero-order valence-corrected chi connectivity index (χ0v) is 37.3. The Morgan fingerprint density at radius 1 is 0.353 bits per heavy atom. The minimum atomic E-state index is 0.0680. The highest BCUT2D eigenvalue weighted by molar-refractivity contribution is 5.31. The fourth-order valence-electron chi connectivity index (χ4n) is 5.40. The van der Waals surface area contributed by atoms with Gasteiger partial charge in [-0.25, -0.2) is 29.9 Å². The van der Waals surface area contributed by atoms with Gasteiger partial charge in [-0.05, 0) is 121 Å². The van der Waals surface area contributed by atoms with E-state index in [1.165, 1.54) is 16.7 Å². The summed E-state index contributed by atoms with van der Waals surface area (Å²) in [5.41, 5.74) is 10.6. The van der Waals surface area contributed by atoms with Gasteiger partial charge in [-0.15, -0.1) is 0 Å². The summed E-state index contributed by atoms with van der Waals surface area (Å²) in [7, 11) is 12.3. The molecule has 3 rings (SSSR count). The van der Waals surface area contributed by atoms with Crippen molar-refractivity contribution in [3.63, 3.8) is 0 Å². The third kappa shape index (κ3) is 12.6. The van der Waals surface area contributed by atoms with Gasteiger partial charge >= 0.3 is 0 Å². The Kier molecular flexibility index (Phi) is 16.1. The molecule has 0 aliphatic heterocycles. The van der Waals surface area contributed by atoms with Crippen LogP contribution in [0.1, 0.15) is 170 Å². The number of nitrogens with zero attached hydrogens (tertiary/aromatic N) is 9. The molecule has 0 amide bonds. The van der Waals surface area contributed by atoms with Crippen LogP contribution in [0.25, 0.3) is 0 Å². The van der Waals surface area contributed by atoms with Gasteiger partial charge in [-0.3, -0.25) is 14.7 Å². The van der Waals surface area contributed by atoms with Crippen molar-refractivity contribution in [2.24, 2.45) is 0 Å². The second-order valence-electron chi connectivity index (χ2n) is 18.1. The Labute approximate surface area is 313 Å². The van der Waals surface area contributed by atoms with Crippen LogP contribution in [0.15, 0.2) is 0 Å². The molecular weight excluding hydrogens is 631 g/mol. The lowest BCUT2D eigenvalue weighted by molar-refractivity contribution is 0.306. The minimum absolute atomic E-state index is 0.0680. The largest absolute Gasteiger partial charge is 0.300 e. The van der Waals surface area contributed by atoms with Crippen LogP contribution in [-0.4, -0.2) is 86.9 Å². The molecule has 51 heavy (non-hydrogen) atoms. The summed E-state index contributed by atoms with van der Waals surface area (Å²) in [6.07, 6.45) is 0. The zero-order chi connectivity index (χ0) is 40.1. The van der Waals surface area contributed by atoms with E-state index in [1.54, 1.807) is 0 Å². The molecular formula is C42H75N9. The maximum atomic E-state index is 4.77. The standard InChI is InChI=1S/3C14H25N3/c3*1-9-10(2)15-13(11(3)17(7)8)16-12(9)14(4,5)6/h3*11H,1-8H3. The Morgan fingerprint density at radius 3 is 0.667 bits per heavy atom. The normalized spacial score (nSPS) is 14.2. The molecule has 0 N–H and O–H groups in total. The van der Waals surface area contributed by atoms with E-state index < -0.39 is 0 Å². The van der Waals surface area contributed by atoms with Gasteiger partial charge in [0, 0.05) is 33.3 Å². The maximum Gasteiger partial charge on any atom is 0.145 e. The van der Waals surface area contributed by atoms with Gasteiger partial charge in [-0.1, -0.05) is 62.3 Å². The third-order valence-corrected chi connectivity index (χ3v) is 9.80. The summed E-state index contributed by atoms with van der Waals surface area (Å²) in [6, 6.07) is 0.737. The van der Waals surface area contributed by atoms with E-state index in [-0.39, 0.29) is 34.4 Å². The highest BCUT2D eigenvalue weighted by atomic mass is 15.1. The summed E-state index contributed by atoms with van der Waals surface area (Å²) >= 11 is 0. The molecule has 0 aromatic carbocycles. The molecule has 9 nitrogen and oxygen atoms in total. The monoisotopic (exact) mass is 706 g/mol. The molecule has 0 aliphatic carbocycles. The molecule has 9 heteroatoms. The Hall–Kier alpha value is -2.88. The second kappa shape index (κ2) is 17.8. The van der Waals surface area contributed by atoms with Crippen LogP contribution >= 0.6 is 0 Å². The van der Waals surface area contributed by atoms with Crippen LogP contribution in [0.4, 0.5) is 0 Å². The summed E-state index contributed by atoms with van der Waals surface area (Å²) < 4.78 is 0. The van der Waals surface area contributed by atoms with Crippen molar-refractivity contribution >= 4 is 0 Å². The Bertz CT molecular complexity index is 1400. The smallest absolute Gasteiger partial charge is 0.145 e. The van der Waals surface area contributed by atoms with Crippen LogP contribution < -0.4 is 0 Å². The van der Waals surface area contributed by atoms with Gasteiger partial charge in [0.25, 0.3) is 0 Å². The molecule has 0 spiro atoms. The molecule has 3 unspecified atom stereocenters. The number of aromatic nitrogens is 6. The van der Waals surface area contributed by atoms with Crippen molar-refractivity contribution in [1.82, 2.24) is 44.6 Å². The molecule has 0 saturated carbocycles. The Balaban J connectivity index is 0.000000382. The molecule has 3 atom stereocenters. The lowest BCUT2D eigenvalue weighted by Gasteiger charge is -2.25. The predicted octanol–water partition coefficient (Wildman–Crippen LogP) is 9.04. The molecule has 288 valence electrons. The molecule has 3 aromatic rings. The van der Waals surface area contributed by atoms with Crippen LogP contribution in [0.2, 0.25) is 0 Å². The average Bonchev–Trinajstić information content (AvgIpc) is 2.98. The van der Waals surface area contributed by atoms with Crippen LogP contribution in [0, 0.1) is 41.5 Å². The molecule has 0 radical (unpaired) electrons. The van der Waals surface area contributed by atoms with E-state index >= 15 is 0 Å². The number of hydrogen-bond acceptors (Lipinski definition) is 9. The number of hydrogen-bond donors (Lipinski definition) is 0. The van der Waals surface area contributed by atoms with Crippen molar-refractivity contribution in [3.8, 4) is 0 Å². The van der Waals surface area contributed by atoms with Gasteiger partial charge in [0.05, 0.1) is 35.2 Å². The SMILES string of the molecule is Cc1nc(C(C)N(C)C)nc(C(C)(C)C)c1C.Cc1nc(C(C)N(C)C)nc(C(C)(C)C)c1C.Cc1nc(C(C)N(C)C)nc(C(C)(C)C)c1C. The summed E-state index contributed by atoms with van der Waals surface area (Å²) in [5.74, 6) is 2.76. The van der Waals surface area contributed by atoms with Crippen LogP contribution in [0.5, 0.6) is 0 Å². The lowest BCUT2D eigenvalue weighted by atomic mass is 9.88. The molecule has 0 saturated heterocycles. The fourth-order valence-corrected chi connectivity index (χ4v) is 5.40. The molecule has 0 fully saturated rings. The first-order valence-corrected chi connectivity index (χ1v) is 18.5. The quantitative estimate of drug-likeness (QED) is 0.249. The predicted molar refractivity (Wildman–Crippen MR) is 217 cm³/mol. The van der Waals surface area contributed by atoms with Crippen molar-refractivity contribution < 1.29 is 0 Å². The molecule has 3 aromatic heterocycles. The number of aryl methyl sites for hydroxylation is 3. The first-order valence-electron chi connectivity index (χ1n) is 18.5. The molecule has 3 heterocycles. The summed E-state index contributed by atoms with van der Waals surface area (Å²) in [6.45, 7) is 38.7.